The molecule has 1 atom stereocenters. The number of halogens is 3. The summed E-state index contributed by atoms with van der Waals surface area (Å²) in [6, 6.07) is 2.54. The quantitative estimate of drug-likeness (QED) is 0.616. The SMILES string of the molecule is Cc1cc(C(F)(F)F)nn1CCC(=O)N1CCCC1c1nnc(-c2ccsc2)o1. The van der Waals surface area contributed by atoms with Gasteiger partial charge < -0.3 is 9.32 Å². The van der Waals surface area contributed by atoms with Gasteiger partial charge in [0.2, 0.25) is 17.7 Å². The van der Waals surface area contributed by atoms with Crippen molar-refractivity contribution in [1.29, 1.82) is 0 Å². The molecule has 0 aromatic carbocycles. The first kappa shape index (κ1) is 19.6. The van der Waals surface area contributed by atoms with Crippen molar-refractivity contribution in [3.8, 4) is 11.5 Å². The van der Waals surface area contributed by atoms with E-state index in [2.05, 4.69) is 15.3 Å². The monoisotopic (exact) mass is 425 g/mol. The molecule has 0 N–H and O–H groups in total. The average molecular weight is 425 g/mol. The zero-order valence-corrected chi connectivity index (χ0v) is 16.3. The van der Waals surface area contributed by atoms with Crippen LogP contribution >= 0.6 is 11.3 Å². The Morgan fingerprint density at radius 3 is 2.90 bits per heavy atom. The van der Waals surface area contributed by atoms with Crippen molar-refractivity contribution in [1.82, 2.24) is 24.9 Å². The van der Waals surface area contributed by atoms with Gasteiger partial charge in [-0.15, -0.1) is 10.2 Å². The van der Waals surface area contributed by atoms with E-state index in [1.165, 1.54) is 22.9 Å². The molecule has 1 saturated heterocycles. The first-order chi connectivity index (χ1) is 13.8. The van der Waals surface area contributed by atoms with E-state index < -0.39 is 11.9 Å². The Bertz CT molecular complexity index is 996. The number of nitrogens with zero attached hydrogens (tertiary/aromatic N) is 5. The zero-order chi connectivity index (χ0) is 20.6. The third-order valence-corrected chi connectivity index (χ3v) is 5.56. The number of thiophene rings is 1. The topological polar surface area (TPSA) is 77.1 Å². The van der Waals surface area contributed by atoms with Gasteiger partial charge in [0.05, 0.1) is 0 Å². The number of alkyl halides is 3. The Balaban J connectivity index is 1.43. The molecular weight excluding hydrogens is 407 g/mol. The second kappa shape index (κ2) is 7.62. The summed E-state index contributed by atoms with van der Waals surface area (Å²) in [6.45, 7) is 2.16. The minimum Gasteiger partial charge on any atom is -0.418 e. The summed E-state index contributed by atoms with van der Waals surface area (Å²) in [5.74, 6) is 0.616. The standard InChI is InChI=1S/C18H18F3N5O2S/c1-11-9-14(18(19,20)21)24-26(11)7-4-15(27)25-6-2-3-13(25)17-23-22-16(28-17)12-5-8-29-10-12/h5,8-10,13H,2-4,6-7H2,1H3. The molecule has 29 heavy (non-hydrogen) atoms. The van der Waals surface area contributed by atoms with Crippen LogP contribution in [0.25, 0.3) is 11.5 Å². The second-order valence-corrected chi connectivity index (χ2v) is 7.62. The van der Waals surface area contributed by atoms with Gasteiger partial charge in [0.1, 0.15) is 6.04 Å². The lowest BCUT2D eigenvalue weighted by atomic mass is 10.2. The van der Waals surface area contributed by atoms with Gasteiger partial charge in [-0.1, -0.05) is 0 Å². The van der Waals surface area contributed by atoms with Crippen molar-refractivity contribution >= 4 is 17.2 Å². The normalized spacial score (nSPS) is 17.2. The van der Waals surface area contributed by atoms with Gasteiger partial charge in [-0.2, -0.15) is 29.6 Å². The van der Waals surface area contributed by atoms with Gasteiger partial charge in [0.25, 0.3) is 0 Å². The van der Waals surface area contributed by atoms with Crippen LogP contribution in [0, 0.1) is 6.92 Å². The molecule has 1 aliphatic rings. The van der Waals surface area contributed by atoms with Crippen molar-refractivity contribution in [2.75, 3.05) is 6.54 Å². The number of rotatable bonds is 5. The number of carbonyl (C=O) groups excluding carboxylic acids is 1. The molecule has 11 heteroatoms. The van der Waals surface area contributed by atoms with E-state index in [0.717, 1.165) is 18.1 Å². The highest BCUT2D eigenvalue weighted by atomic mass is 32.1. The molecule has 4 rings (SSSR count). The highest BCUT2D eigenvalue weighted by Gasteiger charge is 2.35. The van der Waals surface area contributed by atoms with Gasteiger partial charge in [-0.3, -0.25) is 9.48 Å². The van der Waals surface area contributed by atoms with Crippen molar-refractivity contribution in [3.63, 3.8) is 0 Å². The molecule has 1 amide bonds. The number of aromatic nitrogens is 4. The van der Waals surface area contributed by atoms with Crippen LogP contribution in [0.2, 0.25) is 0 Å². The molecule has 0 saturated carbocycles. The number of aryl methyl sites for hydroxylation is 2. The highest BCUT2D eigenvalue weighted by molar-refractivity contribution is 7.08. The minimum absolute atomic E-state index is 0.0435. The van der Waals surface area contributed by atoms with Gasteiger partial charge in [-0.25, -0.2) is 0 Å². The summed E-state index contributed by atoms with van der Waals surface area (Å²) in [5, 5.41) is 15.5. The van der Waals surface area contributed by atoms with Crippen molar-refractivity contribution in [2.24, 2.45) is 0 Å². The molecular formula is C18H18F3N5O2S. The molecule has 1 unspecified atom stereocenters. The lowest BCUT2D eigenvalue weighted by Crippen LogP contribution is -2.31. The Morgan fingerprint density at radius 1 is 1.38 bits per heavy atom. The van der Waals surface area contributed by atoms with Crippen LogP contribution in [-0.2, 0) is 17.5 Å². The van der Waals surface area contributed by atoms with Gasteiger partial charge in [0, 0.05) is 36.1 Å². The summed E-state index contributed by atoms with van der Waals surface area (Å²) in [6.07, 6.45) is -2.96. The average Bonchev–Trinajstić information content (AvgIpc) is 3.44. The van der Waals surface area contributed by atoms with E-state index in [-0.39, 0.29) is 24.9 Å². The first-order valence-electron chi connectivity index (χ1n) is 9.10. The summed E-state index contributed by atoms with van der Waals surface area (Å²) in [5.41, 5.74) is 0.243. The predicted molar refractivity (Wildman–Crippen MR) is 97.9 cm³/mol. The number of carbonyl (C=O) groups is 1. The van der Waals surface area contributed by atoms with Crippen LogP contribution in [0.5, 0.6) is 0 Å². The van der Waals surface area contributed by atoms with Gasteiger partial charge in [-0.05, 0) is 37.3 Å². The predicted octanol–water partition coefficient (Wildman–Crippen LogP) is 4.08. The van der Waals surface area contributed by atoms with Gasteiger partial charge in [0.15, 0.2) is 5.69 Å². The van der Waals surface area contributed by atoms with Crippen LogP contribution in [0.3, 0.4) is 0 Å². The molecule has 3 aromatic rings. The van der Waals surface area contributed by atoms with Crippen molar-refractivity contribution in [2.45, 2.75) is 44.9 Å². The number of hydrogen-bond donors (Lipinski definition) is 0. The molecule has 3 aromatic heterocycles. The molecule has 4 heterocycles. The third-order valence-electron chi connectivity index (χ3n) is 4.88. The number of amides is 1. The lowest BCUT2D eigenvalue weighted by Gasteiger charge is -2.22. The molecule has 7 nitrogen and oxygen atoms in total. The fraction of sp³-hybridized carbons (Fsp3) is 0.444. The first-order valence-corrected chi connectivity index (χ1v) is 10.0. The van der Waals surface area contributed by atoms with Crippen LogP contribution in [0.4, 0.5) is 13.2 Å². The van der Waals surface area contributed by atoms with E-state index in [1.807, 2.05) is 16.8 Å². The second-order valence-electron chi connectivity index (χ2n) is 6.84. The Hall–Kier alpha value is -2.69. The number of likely N-dealkylation sites (tertiary alicyclic amines) is 1. The van der Waals surface area contributed by atoms with E-state index >= 15 is 0 Å². The van der Waals surface area contributed by atoms with Crippen molar-refractivity contribution in [3.05, 3.63) is 40.2 Å². The maximum Gasteiger partial charge on any atom is 0.435 e. The molecule has 1 aliphatic heterocycles. The summed E-state index contributed by atoms with van der Waals surface area (Å²) >= 11 is 1.52. The molecule has 0 bridgehead atoms. The molecule has 1 fully saturated rings. The molecule has 0 spiro atoms. The van der Waals surface area contributed by atoms with E-state index in [0.29, 0.717) is 30.4 Å². The largest absolute Gasteiger partial charge is 0.435 e. The Labute approximate surface area is 168 Å². The smallest absolute Gasteiger partial charge is 0.418 e. The molecule has 0 radical (unpaired) electrons. The van der Waals surface area contributed by atoms with E-state index in [9.17, 15) is 18.0 Å². The highest BCUT2D eigenvalue weighted by Crippen LogP contribution is 2.33. The van der Waals surface area contributed by atoms with Crippen molar-refractivity contribution < 1.29 is 22.4 Å². The Morgan fingerprint density at radius 2 is 2.21 bits per heavy atom. The van der Waals surface area contributed by atoms with E-state index in [1.54, 1.807) is 4.90 Å². The minimum atomic E-state index is -4.50. The summed E-state index contributed by atoms with van der Waals surface area (Å²) in [7, 11) is 0. The maximum absolute atomic E-state index is 12.8. The summed E-state index contributed by atoms with van der Waals surface area (Å²) in [4.78, 5) is 14.4. The number of hydrogen-bond acceptors (Lipinski definition) is 6. The maximum atomic E-state index is 12.8. The van der Waals surface area contributed by atoms with Crippen LogP contribution in [0.1, 0.15) is 42.6 Å². The zero-order valence-electron chi connectivity index (χ0n) is 15.5. The fourth-order valence-corrected chi connectivity index (χ4v) is 4.04. The lowest BCUT2D eigenvalue weighted by molar-refractivity contribution is -0.141. The molecule has 154 valence electrons. The van der Waals surface area contributed by atoms with E-state index in [4.69, 9.17) is 4.42 Å². The van der Waals surface area contributed by atoms with Gasteiger partial charge >= 0.3 is 6.18 Å². The van der Waals surface area contributed by atoms with Crippen LogP contribution < -0.4 is 0 Å². The Kier molecular flexibility index (Phi) is 5.15. The fourth-order valence-electron chi connectivity index (χ4n) is 3.41. The third kappa shape index (κ3) is 4.04. The summed E-state index contributed by atoms with van der Waals surface area (Å²) < 4.78 is 45.4. The molecule has 0 aliphatic carbocycles. The van der Waals surface area contributed by atoms with Crippen LogP contribution in [-0.4, -0.2) is 37.3 Å². The van der Waals surface area contributed by atoms with Crippen LogP contribution in [0.15, 0.2) is 27.3 Å².